The van der Waals surface area contributed by atoms with Crippen LogP contribution in [-0.2, 0) is 4.79 Å². The van der Waals surface area contributed by atoms with E-state index in [9.17, 15) is 9.59 Å². The van der Waals surface area contributed by atoms with Gasteiger partial charge in [-0.1, -0.05) is 37.3 Å². The minimum Gasteiger partial charge on any atom is -0.425 e. The summed E-state index contributed by atoms with van der Waals surface area (Å²) < 4.78 is 5.20. The minimum absolute atomic E-state index is 0.0385. The number of nitrogens with zero attached hydrogens (tertiary/aromatic N) is 1. The van der Waals surface area contributed by atoms with Crippen molar-refractivity contribution in [1.29, 1.82) is 0 Å². The number of carbonyl (C=O) groups is 2. The fraction of sp³-hybridized carbons (Fsp3) is 0.235. The number of carbonyl (C=O) groups excluding carboxylic acids is 2. The highest BCUT2D eigenvalue weighted by Gasteiger charge is 2.17. The van der Waals surface area contributed by atoms with E-state index < -0.39 is 0 Å². The van der Waals surface area contributed by atoms with Crippen LogP contribution < -0.4 is 4.74 Å². The molecule has 0 radical (unpaired) electrons. The van der Waals surface area contributed by atoms with Crippen LogP contribution in [0.4, 0.5) is 0 Å². The van der Waals surface area contributed by atoms with E-state index in [-0.39, 0.29) is 17.7 Å². The maximum Gasteiger partial charge on any atom is 0.314 e. The highest BCUT2D eigenvalue weighted by molar-refractivity contribution is 5.96. The van der Waals surface area contributed by atoms with Crippen LogP contribution in [0.25, 0.3) is 0 Å². The lowest BCUT2D eigenvalue weighted by Crippen LogP contribution is -2.19. The van der Waals surface area contributed by atoms with E-state index in [1.807, 2.05) is 18.2 Å². The molecule has 0 spiro atoms. The van der Waals surface area contributed by atoms with Crippen molar-refractivity contribution in [1.82, 2.24) is 4.98 Å². The Balaban J connectivity index is 1.83. The van der Waals surface area contributed by atoms with Crippen molar-refractivity contribution in [2.24, 2.45) is 5.92 Å². The molecule has 0 aliphatic heterocycles. The molecule has 2 aromatic rings. The summed E-state index contributed by atoms with van der Waals surface area (Å²) in [6, 6.07) is 12.5. The third-order valence-electron chi connectivity index (χ3n) is 3.16. The SMILES string of the molecule is CC(CCC(=O)c1ccccc1)C(=O)Oc1cccnc1. The first-order valence-corrected chi connectivity index (χ1v) is 6.87. The predicted octanol–water partition coefficient (Wildman–Crippen LogP) is 3.29. The fourth-order valence-electron chi connectivity index (χ4n) is 1.86. The molecule has 1 atom stereocenters. The van der Waals surface area contributed by atoms with Crippen molar-refractivity contribution in [2.75, 3.05) is 0 Å². The molecular weight excluding hydrogens is 266 g/mol. The average molecular weight is 283 g/mol. The summed E-state index contributed by atoms with van der Waals surface area (Å²) in [5.74, 6) is -0.220. The minimum atomic E-state index is -0.344. The van der Waals surface area contributed by atoms with Crippen LogP contribution in [0, 0.1) is 5.92 Å². The number of ketones is 1. The molecule has 1 aromatic heterocycles. The lowest BCUT2D eigenvalue weighted by atomic mass is 10.0. The molecular formula is C17H17NO3. The molecule has 0 fully saturated rings. The quantitative estimate of drug-likeness (QED) is 0.603. The topological polar surface area (TPSA) is 56.3 Å². The number of hydrogen-bond acceptors (Lipinski definition) is 4. The Labute approximate surface area is 123 Å². The third kappa shape index (κ3) is 4.53. The number of esters is 1. The first-order valence-electron chi connectivity index (χ1n) is 6.87. The summed E-state index contributed by atoms with van der Waals surface area (Å²) in [4.78, 5) is 27.7. The van der Waals surface area contributed by atoms with Gasteiger partial charge >= 0.3 is 5.97 Å². The summed E-state index contributed by atoms with van der Waals surface area (Å²) in [5.41, 5.74) is 0.672. The Morgan fingerprint density at radius 1 is 1.14 bits per heavy atom. The molecule has 4 nitrogen and oxygen atoms in total. The molecule has 1 aromatic carbocycles. The normalized spacial score (nSPS) is 11.7. The van der Waals surface area contributed by atoms with Gasteiger partial charge in [0.2, 0.25) is 0 Å². The Hall–Kier alpha value is -2.49. The monoisotopic (exact) mass is 283 g/mol. The van der Waals surface area contributed by atoms with Crippen molar-refractivity contribution >= 4 is 11.8 Å². The van der Waals surface area contributed by atoms with Gasteiger partial charge in [0.05, 0.1) is 12.1 Å². The number of hydrogen-bond donors (Lipinski definition) is 0. The summed E-state index contributed by atoms with van der Waals surface area (Å²) in [6.07, 6.45) is 3.89. The van der Waals surface area contributed by atoms with E-state index >= 15 is 0 Å². The molecule has 0 saturated carbocycles. The van der Waals surface area contributed by atoms with E-state index in [0.717, 1.165) is 0 Å². The van der Waals surface area contributed by atoms with Gasteiger partial charge in [-0.05, 0) is 18.6 Å². The molecule has 1 heterocycles. The van der Waals surface area contributed by atoms with Crippen LogP contribution in [0.5, 0.6) is 5.75 Å². The van der Waals surface area contributed by atoms with Crippen LogP contribution in [0.2, 0.25) is 0 Å². The van der Waals surface area contributed by atoms with Gasteiger partial charge in [0.1, 0.15) is 5.75 Å². The largest absolute Gasteiger partial charge is 0.425 e. The average Bonchev–Trinajstić information content (AvgIpc) is 2.54. The standard InChI is InChI=1S/C17H17NO3/c1-13(17(20)21-15-8-5-11-18-12-15)9-10-16(19)14-6-3-2-4-7-14/h2-8,11-13H,9-10H2,1H3. The summed E-state index contributed by atoms with van der Waals surface area (Å²) in [7, 11) is 0. The summed E-state index contributed by atoms with van der Waals surface area (Å²) in [5, 5.41) is 0. The zero-order chi connectivity index (χ0) is 15.1. The number of pyridine rings is 1. The van der Waals surface area contributed by atoms with Crippen LogP contribution in [0.15, 0.2) is 54.9 Å². The Kier molecular flexibility index (Phi) is 5.21. The summed E-state index contributed by atoms with van der Waals surface area (Å²) in [6.45, 7) is 1.76. The first-order chi connectivity index (χ1) is 10.2. The van der Waals surface area contributed by atoms with Gasteiger partial charge in [0.25, 0.3) is 0 Å². The van der Waals surface area contributed by atoms with E-state index in [4.69, 9.17) is 4.74 Å². The molecule has 2 rings (SSSR count). The van der Waals surface area contributed by atoms with Gasteiger partial charge in [-0.15, -0.1) is 0 Å². The van der Waals surface area contributed by atoms with Gasteiger partial charge in [0.15, 0.2) is 5.78 Å². The first kappa shape index (κ1) is 14.9. The van der Waals surface area contributed by atoms with Gasteiger partial charge in [-0.2, -0.15) is 0 Å². The van der Waals surface area contributed by atoms with Crippen molar-refractivity contribution < 1.29 is 14.3 Å². The van der Waals surface area contributed by atoms with Gasteiger partial charge in [-0.3, -0.25) is 14.6 Å². The Morgan fingerprint density at radius 2 is 1.90 bits per heavy atom. The molecule has 1 unspecified atom stereocenters. The second-order valence-electron chi connectivity index (χ2n) is 4.84. The maximum atomic E-state index is 12.0. The number of rotatable bonds is 6. The second kappa shape index (κ2) is 7.33. The molecule has 4 heteroatoms. The molecule has 21 heavy (non-hydrogen) atoms. The molecule has 0 aliphatic rings. The molecule has 0 N–H and O–H groups in total. The van der Waals surface area contributed by atoms with E-state index in [1.54, 1.807) is 37.4 Å². The van der Waals surface area contributed by atoms with Crippen molar-refractivity contribution in [2.45, 2.75) is 19.8 Å². The number of ether oxygens (including phenoxy) is 1. The predicted molar refractivity (Wildman–Crippen MR) is 79.0 cm³/mol. The summed E-state index contributed by atoms with van der Waals surface area (Å²) >= 11 is 0. The highest BCUT2D eigenvalue weighted by Crippen LogP contribution is 2.15. The Bertz CT molecular complexity index is 596. The lowest BCUT2D eigenvalue weighted by molar-refractivity contribution is -0.138. The van der Waals surface area contributed by atoms with Crippen LogP contribution in [0.3, 0.4) is 0 Å². The van der Waals surface area contributed by atoms with Gasteiger partial charge in [0, 0.05) is 18.2 Å². The molecule has 0 bridgehead atoms. The number of benzene rings is 1. The van der Waals surface area contributed by atoms with E-state index in [0.29, 0.717) is 24.2 Å². The second-order valence-corrected chi connectivity index (χ2v) is 4.84. The number of aromatic nitrogens is 1. The zero-order valence-electron chi connectivity index (χ0n) is 11.9. The van der Waals surface area contributed by atoms with Gasteiger partial charge < -0.3 is 4.74 Å². The zero-order valence-corrected chi connectivity index (χ0v) is 11.9. The van der Waals surface area contributed by atoms with Crippen molar-refractivity contribution in [3.05, 3.63) is 60.4 Å². The number of Topliss-reactive ketones (excluding diaryl/α,β-unsaturated/α-hetero) is 1. The van der Waals surface area contributed by atoms with Crippen LogP contribution in [0.1, 0.15) is 30.1 Å². The van der Waals surface area contributed by atoms with Gasteiger partial charge in [-0.25, -0.2) is 0 Å². The molecule has 108 valence electrons. The highest BCUT2D eigenvalue weighted by atomic mass is 16.5. The molecule has 0 saturated heterocycles. The third-order valence-corrected chi connectivity index (χ3v) is 3.16. The Morgan fingerprint density at radius 3 is 2.57 bits per heavy atom. The van der Waals surface area contributed by atoms with Crippen molar-refractivity contribution in [3.63, 3.8) is 0 Å². The molecule has 0 aliphatic carbocycles. The maximum absolute atomic E-state index is 12.0. The molecule has 0 amide bonds. The smallest absolute Gasteiger partial charge is 0.314 e. The van der Waals surface area contributed by atoms with Crippen LogP contribution >= 0.6 is 0 Å². The van der Waals surface area contributed by atoms with Crippen LogP contribution in [-0.4, -0.2) is 16.7 Å². The van der Waals surface area contributed by atoms with E-state index in [1.165, 1.54) is 6.20 Å². The lowest BCUT2D eigenvalue weighted by Gasteiger charge is -2.10. The van der Waals surface area contributed by atoms with Crippen molar-refractivity contribution in [3.8, 4) is 5.75 Å². The fourth-order valence-corrected chi connectivity index (χ4v) is 1.86. The van der Waals surface area contributed by atoms with E-state index in [2.05, 4.69) is 4.98 Å².